The molecule has 1 aliphatic carbocycles. The molecule has 6 aliphatic rings. The number of rotatable bonds is 21. The molecule has 9 unspecified atom stereocenters. The lowest BCUT2D eigenvalue weighted by Crippen LogP contribution is -2.81. The number of aryl methyl sites for hydroxylation is 1. The molecule has 3 aromatic rings. The van der Waals surface area contributed by atoms with E-state index in [0.29, 0.717) is 45.1 Å². The number of fused-ring (bicyclic) bond motifs is 8. The lowest BCUT2D eigenvalue weighted by molar-refractivity contribution is -0.240. The van der Waals surface area contributed by atoms with Gasteiger partial charge in [-0.1, -0.05) is 45.0 Å². The Morgan fingerprint density at radius 2 is 1.72 bits per heavy atom. The van der Waals surface area contributed by atoms with Gasteiger partial charge in [0.05, 0.1) is 37.1 Å². The summed E-state index contributed by atoms with van der Waals surface area (Å²) in [5, 5.41) is 54.5. The van der Waals surface area contributed by atoms with Crippen molar-refractivity contribution in [2.75, 3.05) is 78.1 Å². The summed E-state index contributed by atoms with van der Waals surface area (Å²) in [5.41, 5.74) is 3.45. The minimum Gasteiger partial charge on any atom is -0.464 e. The van der Waals surface area contributed by atoms with Crippen molar-refractivity contribution in [1.29, 1.82) is 0 Å². The van der Waals surface area contributed by atoms with E-state index in [9.17, 15) is 34.8 Å². The molecule has 2 bridgehead atoms. The van der Waals surface area contributed by atoms with E-state index in [2.05, 4.69) is 94.4 Å². The van der Waals surface area contributed by atoms with Crippen molar-refractivity contribution < 1.29 is 58.6 Å². The topological polar surface area (TPSA) is 236 Å². The van der Waals surface area contributed by atoms with E-state index in [1.807, 2.05) is 14.0 Å². The number of alkyl carbamates (subject to hydrolysis) is 1. The number of amides is 2. The molecule has 5 aliphatic heterocycles. The lowest BCUT2D eigenvalue weighted by atomic mass is 9.44. The number of carbonyl (C=O) groups excluding carboxylic acids is 4. The zero-order chi connectivity index (χ0) is 56.7. The first-order valence-corrected chi connectivity index (χ1v) is 29.5. The smallest absolute Gasteiger partial charge is 0.407 e. The van der Waals surface area contributed by atoms with Gasteiger partial charge in [0.2, 0.25) is 5.91 Å². The number of H-pyrrole nitrogens is 1. The number of hydrogen-bond acceptors (Lipinski definition) is 15. The fourth-order valence-corrected chi connectivity index (χ4v) is 16.2. The van der Waals surface area contributed by atoms with Crippen LogP contribution in [0, 0.1) is 18.3 Å². The number of para-hydroxylation sites is 1. The van der Waals surface area contributed by atoms with Crippen molar-refractivity contribution in [2.24, 2.45) is 11.3 Å². The molecular weight excluding hydrogens is 1010 g/mol. The monoisotopic (exact) mass is 1100 g/mol. The average Bonchev–Trinajstić information content (AvgIpc) is 1.98. The van der Waals surface area contributed by atoms with Crippen molar-refractivity contribution in [3.63, 3.8) is 0 Å². The van der Waals surface area contributed by atoms with Gasteiger partial charge in [0.1, 0.15) is 12.6 Å². The summed E-state index contributed by atoms with van der Waals surface area (Å²) in [6, 6.07) is 11.6. The van der Waals surface area contributed by atoms with E-state index in [1.165, 1.54) is 36.2 Å². The van der Waals surface area contributed by atoms with E-state index in [1.54, 1.807) is 0 Å². The normalized spacial score (nSPS) is 32.2. The van der Waals surface area contributed by atoms with Gasteiger partial charge >= 0.3 is 12.1 Å². The van der Waals surface area contributed by atoms with Gasteiger partial charge in [0, 0.05) is 97.7 Å². The van der Waals surface area contributed by atoms with Gasteiger partial charge in [0.15, 0.2) is 17.7 Å². The van der Waals surface area contributed by atoms with Crippen LogP contribution in [-0.2, 0) is 45.2 Å². The van der Waals surface area contributed by atoms with Crippen LogP contribution in [0.25, 0.3) is 10.9 Å². The Morgan fingerprint density at radius 3 is 2.44 bits per heavy atom. The maximum Gasteiger partial charge on any atom is 0.407 e. The van der Waals surface area contributed by atoms with E-state index < -0.39 is 81.9 Å². The highest BCUT2D eigenvalue weighted by molar-refractivity contribution is 5.92. The van der Waals surface area contributed by atoms with E-state index in [4.69, 9.17) is 18.9 Å². The van der Waals surface area contributed by atoms with Crippen LogP contribution in [0.5, 0.6) is 0 Å². The van der Waals surface area contributed by atoms with Crippen LogP contribution in [0.2, 0.25) is 0 Å². The maximum atomic E-state index is 15.2. The van der Waals surface area contributed by atoms with E-state index in [-0.39, 0.29) is 51.0 Å². The summed E-state index contributed by atoms with van der Waals surface area (Å²) >= 11 is 0. The fraction of sp³-hybridized carbons (Fsp3) is 0.705. The molecule has 1 spiro atoms. The van der Waals surface area contributed by atoms with Gasteiger partial charge in [-0.15, -0.1) is 0 Å². The summed E-state index contributed by atoms with van der Waals surface area (Å²) in [6.45, 7) is 15.9. The highest BCUT2D eigenvalue weighted by Gasteiger charge is 2.78. The number of hydrogen-bond donors (Lipinski definition) is 7. The Balaban J connectivity index is 0.921. The van der Waals surface area contributed by atoms with Gasteiger partial charge in [-0.3, -0.25) is 19.4 Å². The number of carbonyl (C=O) groups is 4. The summed E-state index contributed by atoms with van der Waals surface area (Å²) in [7, 11) is 3.38. The number of aromatic amines is 1. The molecule has 13 atom stereocenters. The third kappa shape index (κ3) is 10.5. The minimum atomic E-state index is -2.12. The zero-order valence-electron chi connectivity index (χ0n) is 48.2. The molecule has 6 heterocycles. The lowest BCUT2D eigenvalue weighted by Gasteiger charge is -2.69. The maximum absolute atomic E-state index is 15.2. The number of aliphatic hydroxyl groups is 4. The van der Waals surface area contributed by atoms with Crippen molar-refractivity contribution in [2.45, 2.75) is 190 Å². The second kappa shape index (κ2) is 23.7. The standard InChI is InChI=1S/C61H90N6O12/c1-9-41(35-68)79-50(76-8)36-78-56(73)62-25-21-49(70)63-39(5)54(71)77-29-15-14-20-48(69)61(75)53-51(60-24-17-27-67(60)26-16-23-59(60,11-3)55(61)72)44-31-45(38(4)30-47(44)65(53)7)57(6)32-40-33-58(74,10-2)37-66(34-40)28-22-43-42-18-12-13-19-46(42)64-52(43)57/h12-13,18-19,30-31,39-41,50-51,53,55,64,68,72,74-75H,9-11,14-17,20-29,32-37H2,1-8H3,(H,62,73)(H,63,70)/t39?,40?,41?,50?,51?,53?,55-,57-,58?,59+,60?,61+/m1/s1. The van der Waals surface area contributed by atoms with Crippen molar-refractivity contribution in [3.05, 3.63) is 64.3 Å². The van der Waals surface area contributed by atoms with Crippen LogP contribution in [-0.4, -0.2) is 180 Å². The number of unbranched alkanes of at least 4 members (excludes halogenated alkanes) is 1. The molecule has 7 N–H and O–H groups in total. The number of Topliss-reactive ketones (excluding diaryl/α,β-unsaturated/α-hetero) is 1. The molecule has 1 aromatic heterocycles. The molecule has 3 saturated heterocycles. The second-order valence-corrected chi connectivity index (χ2v) is 24.4. The van der Waals surface area contributed by atoms with Gasteiger partial charge in [-0.2, -0.15) is 0 Å². The number of likely N-dealkylation sites (N-methyl/N-ethyl adjacent to an activating group) is 1. The summed E-state index contributed by atoms with van der Waals surface area (Å²) in [4.78, 5) is 64.4. The first-order valence-electron chi connectivity index (χ1n) is 29.5. The third-order valence-electron chi connectivity index (χ3n) is 20.0. The van der Waals surface area contributed by atoms with Crippen LogP contribution in [0.3, 0.4) is 0 Å². The molecule has 79 heavy (non-hydrogen) atoms. The van der Waals surface area contributed by atoms with Gasteiger partial charge < -0.3 is 59.9 Å². The predicted octanol–water partition coefficient (Wildman–Crippen LogP) is 5.89. The van der Waals surface area contributed by atoms with Crippen LogP contribution < -0.4 is 15.5 Å². The number of ether oxygens (including phenoxy) is 4. The molecule has 4 fully saturated rings. The number of esters is 1. The Kier molecular flexibility index (Phi) is 17.7. The number of benzene rings is 2. The van der Waals surface area contributed by atoms with Crippen molar-refractivity contribution in [3.8, 4) is 0 Å². The largest absolute Gasteiger partial charge is 0.464 e. The second-order valence-electron chi connectivity index (χ2n) is 24.4. The van der Waals surface area contributed by atoms with Crippen LogP contribution in [0.15, 0.2) is 36.4 Å². The number of aromatic nitrogens is 1. The quantitative estimate of drug-likeness (QED) is 0.0375. The fourth-order valence-electron chi connectivity index (χ4n) is 16.2. The highest BCUT2D eigenvalue weighted by atomic mass is 16.7. The Labute approximate surface area is 466 Å². The number of ketones is 1. The first-order chi connectivity index (χ1) is 37.8. The average molecular weight is 1100 g/mol. The SMILES string of the molecule is CCC(CO)OC(COC(=O)NCCC(=O)NC(C)C(=O)OCCCCC(=O)[C@]1(O)C2C(c3cc([C@@]4(C)CC5CN(CCc6c4[nH]c4ccccc64)CC(O)(CC)C5)c(C)cc3N2C)C23CCCN2CCC[C@@]3(CC)[C@H]1O)OC. The number of aliphatic hydroxyl groups excluding tert-OH is 2. The number of methoxy groups -OCH3 is 1. The number of piperidine rings is 2. The van der Waals surface area contributed by atoms with Crippen molar-refractivity contribution in [1.82, 2.24) is 25.4 Å². The minimum absolute atomic E-state index is 0.0198. The van der Waals surface area contributed by atoms with E-state index >= 15 is 4.79 Å². The Hall–Kier alpha value is -4.66. The molecule has 9 rings (SSSR count). The summed E-state index contributed by atoms with van der Waals surface area (Å²) in [5.74, 6) is -1.63. The van der Waals surface area contributed by atoms with Crippen LogP contribution in [0.4, 0.5) is 10.5 Å². The highest BCUT2D eigenvalue weighted by Crippen LogP contribution is 2.70. The van der Waals surface area contributed by atoms with Gasteiger partial charge in [-0.05, 0) is 151 Å². The number of nitrogens with zero attached hydrogens (tertiary/aromatic N) is 3. The van der Waals surface area contributed by atoms with Crippen LogP contribution >= 0.6 is 0 Å². The summed E-state index contributed by atoms with van der Waals surface area (Å²) < 4.78 is 21.4. The van der Waals surface area contributed by atoms with Gasteiger partial charge in [-0.25, -0.2) is 9.59 Å². The van der Waals surface area contributed by atoms with Crippen molar-refractivity contribution >= 4 is 40.3 Å². The zero-order valence-corrected chi connectivity index (χ0v) is 48.2. The predicted molar refractivity (Wildman–Crippen MR) is 300 cm³/mol. The molecule has 18 heteroatoms. The van der Waals surface area contributed by atoms with Gasteiger partial charge in [0.25, 0.3) is 0 Å². The molecule has 1 saturated carbocycles. The third-order valence-corrected chi connectivity index (χ3v) is 20.0. The van der Waals surface area contributed by atoms with Crippen LogP contribution in [0.1, 0.15) is 152 Å². The number of anilines is 1. The molecule has 18 nitrogen and oxygen atoms in total. The molecule has 2 aromatic carbocycles. The molecule has 0 radical (unpaired) electrons. The van der Waals surface area contributed by atoms with E-state index in [0.717, 1.165) is 87.0 Å². The Bertz CT molecular complexity index is 2700. The molecule has 436 valence electrons. The number of nitrogens with one attached hydrogen (secondary N) is 3. The molecule has 2 amide bonds. The first kappa shape index (κ1) is 59.0. The Morgan fingerprint density at radius 1 is 0.962 bits per heavy atom. The molecular formula is C61H90N6O12. The summed E-state index contributed by atoms with van der Waals surface area (Å²) in [6.07, 6.45) is 4.60.